The largest absolute Gasteiger partial charge is 0.507 e. The topological polar surface area (TPSA) is 95.9 Å². The molecular formula is C16H22BrNO5. The number of nitrogens with one attached hydrogen (secondary N) is 1. The van der Waals surface area contributed by atoms with E-state index in [1.54, 1.807) is 40.7 Å². The van der Waals surface area contributed by atoms with Crippen molar-refractivity contribution in [1.29, 1.82) is 0 Å². The Morgan fingerprint density at radius 2 is 1.91 bits per heavy atom. The van der Waals surface area contributed by atoms with Gasteiger partial charge in [-0.3, -0.25) is 0 Å². The van der Waals surface area contributed by atoms with Gasteiger partial charge in [0.15, 0.2) is 0 Å². The minimum absolute atomic E-state index is 0.0305. The van der Waals surface area contributed by atoms with Gasteiger partial charge in [0.2, 0.25) is 0 Å². The highest BCUT2D eigenvalue weighted by Crippen LogP contribution is 2.32. The van der Waals surface area contributed by atoms with E-state index in [-0.39, 0.29) is 12.2 Å². The first-order chi connectivity index (χ1) is 10.4. The van der Waals surface area contributed by atoms with Gasteiger partial charge in [0.25, 0.3) is 0 Å². The minimum atomic E-state index is -1.21. The van der Waals surface area contributed by atoms with E-state index in [4.69, 9.17) is 4.74 Å². The van der Waals surface area contributed by atoms with Gasteiger partial charge < -0.3 is 20.3 Å². The van der Waals surface area contributed by atoms with Crippen molar-refractivity contribution in [2.45, 2.75) is 52.7 Å². The highest BCUT2D eigenvalue weighted by Gasteiger charge is 2.26. The van der Waals surface area contributed by atoms with E-state index in [1.807, 2.05) is 0 Å². The molecule has 0 radical (unpaired) electrons. The lowest BCUT2D eigenvalue weighted by Gasteiger charge is -2.23. The summed E-state index contributed by atoms with van der Waals surface area (Å²) in [7, 11) is 0. The van der Waals surface area contributed by atoms with Crippen molar-refractivity contribution in [3.8, 4) is 5.75 Å². The summed E-state index contributed by atoms with van der Waals surface area (Å²) in [6, 6.07) is 0.550. The summed E-state index contributed by atoms with van der Waals surface area (Å²) in [5, 5.41) is 21.9. The number of carbonyl (C=O) groups is 2. The number of aliphatic carboxylic acids is 1. The molecule has 0 aromatic heterocycles. The summed E-state index contributed by atoms with van der Waals surface area (Å²) in [6.45, 7) is 8.56. The molecule has 0 bridgehead atoms. The fourth-order valence-electron chi connectivity index (χ4n) is 2.03. The van der Waals surface area contributed by atoms with Crippen LogP contribution in [0.2, 0.25) is 0 Å². The lowest BCUT2D eigenvalue weighted by Crippen LogP contribution is -2.44. The van der Waals surface area contributed by atoms with Gasteiger partial charge in [0, 0.05) is 16.5 Å². The molecule has 7 heteroatoms. The lowest BCUT2D eigenvalue weighted by molar-refractivity contribution is -0.139. The van der Waals surface area contributed by atoms with E-state index in [1.165, 1.54) is 0 Å². The maximum Gasteiger partial charge on any atom is 0.408 e. The van der Waals surface area contributed by atoms with Crippen molar-refractivity contribution < 1.29 is 24.5 Å². The van der Waals surface area contributed by atoms with E-state index in [9.17, 15) is 19.8 Å². The van der Waals surface area contributed by atoms with Crippen LogP contribution in [0.15, 0.2) is 10.5 Å². The zero-order valence-electron chi connectivity index (χ0n) is 13.9. The molecule has 0 spiro atoms. The smallest absolute Gasteiger partial charge is 0.408 e. The number of ether oxygens (including phenoxy) is 1. The fraction of sp³-hybridized carbons (Fsp3) is 0.500. The van der Waals surface area contributed by atoms with Crippen LogP contribution in [0.1, 0.15) is 37.5 Å². The highest BCUT2D eigenvalue weighted by molar-refractivity contribution is 9.10. The van der Waals surface area contributed by atoms with Gasteiger partial charge >= 0.3 is 12.1 Å². The van der Waals surface area contributed by atoms with Crippen molar-refractivity contribution in [2.75, 3.05) is 0 Å². The Balaban J connectivity index is 3.03. The molecule has 0 heterocycles. The Labute approximate surface area is 144 Å². The molecule has 0 aliphatic heterocycles. The van der Waals surface area contributed by atoms with E-state index >= 15 is 0 Å². The summed E-state index contributed by atoms with van der Waals surface area (Å²) >= 11 is 3.38. The van der Waals surface area contributed by atoms with Crippen molar-refractivity contribution in [1.82, 2.24) is 5.32 Å². The SMILES string of the molecule is Cc1cc(Br)c(C)c(CC(NC(=O)OC(C)(C)C)C(=O)O)c1O. The van der Waals surface area contributed by atoms with Gasteiger partial charge in [-0.1, -0.05) is 15.9 Å². The average molecular weight is 388 g/mol. The molecule has 0 saturated heterocycles. The molecule has 23 heavy (non-hydrogen) atoms. The summed E-state index contributed by atoms with van der Waals surface area (Å²) < 4.78 is 5.85. The molecule has 128 valence electrons. The third-order valence-electron chi connectivity index (χ3n) is 3.21. The first-order valence-corrected chi connectivity index (χ1v) is 7.91. The molecule has 0 saturated carbocycles. The van der Waals surface area contributed by atoms with E-state index < -0.39 is 23.7 Å². The van der Waals surface area contributed by atoms with Crippen LogP contribution in [-0.4, -0.2) is 33.9 Å². The van der Waals surface area contributed by atoms with E-state index in [0.717, 1.165) is 10.0 Å². The number of carboxylic acid groups (broad SMARTS) is 1. The van der Waals surface area contributed by atoms with Gasteiger partial charge in [-0.2, -0.15) is 0 Å². The second kappa shape index (κ2) is 7.21. The Kier molecular flexibility index (Phi) is 6.04. The molecule has 1 aromatic rings. The Hall–Kier alpha value is -1.76. The predicted octanol–water partition coefficient (Wildman–Crippen LogP) is 3.29. The fourth-order valence-corrected chi connectivity index (χ4v) is 2.61. The van der Waals surface area contributed by atoms with Gasteiger partial charge in [0.05, 0.1) is 0 Å². The molecule has 1 rings (SSSR count). The molecule has 3 N–H and O–H groups in total. The monoisotopic (exact) mass is 387 g/mol. The second-order valence-corrected chi connectivity index (χ2v) is 7.22. The molecule has 6 nitrogen and oxygen atoms in total. The summed E-state index contributed by atoms with van der Waals surface area (Å²) in [6.07, 6.45) is -0.860. The van der Waals surface area contributed by atoms with Crippen molar-refractivity contribution in [3.63, 3.8) is 0 Å². The zero-order chi connectivity index (χ0) is 17.9. The Morgan fingerprint density at radius 1 is 1.35 bits per heavy atom. The molecule has 0 fully saturated rings. The number of carboxylic acids is 1. The van der Waals surface area contributed by atoms with Crippen molar-refractivity contribution in [2.24, 2.45) is 0 Å². The van der Waals surface area contributed by atoms with E-state index in [2.05, 4.69) is 21.2 Å². The zero-order valence-corrected chi connectivity index (χ0v) is 15.4. The molecule has 1 atom stereocenters. The van der Waals surface area contributed by atoms with E-state index in [0.29, 0.717) is 11.1 Å². The number of phenols is 1. The third kappa shape index (κ3) is 5.42. The Bertz CT molecular complexity index is 596. The van der Waals surface area contributed by atoms with Gasteiger partial charge in [-0.25, -0.2) is 9.59 Å². The van der Waals surface area contributed by atoms with Gasteiger partial charge in [-0.05, 0) is 51.8 Å². The van der Waals surface area contributed by atoms with Gasteiger partial charge in [0.1, 0.15) is 17.4 Å². The molecule has 0 aliphatic carbocycles. The van der Waals surface area contributed by atoms with Crippen LogP contribution in [0.5, 0.6) is 5.75 Å². The summed E-state index contributed by atoms with van der Waals surface area (Å²) in [5.74, 6) is -1.17. The maximum absolute atomic E-state index is 11.8. The quantitative estimate of drug-likeness (QED) is 0.736. The number of benzene rings is 1. The first kappa shape index (κ1) is 19.3. The predicted molar refractivity (Wildman–Crippen MR) is 89.8 cm³/mol. The van der Waals surface area contributed by atoms with Crippen LogP contribution in [-0.2, 0) is 16.0 Å². The number of carbonyl (C=O) groups excluding carboxylic acids is 1. The normalized spacial score (nSPS) is 12.6. The van der Waals surface area contributed by atoms with Gasteiger partial charge in [-0.15, -0.1) is 0 Å². The minimum Gasteiger partial charge on any atom is -0.507 e. The molecule has 1 unspecified atom stereocenters. The Morgan fingerprint density at radius 3 is 2.39 bits per heavy atom. The second-order valence-electron chi connectivity index (χ2n) is 6.37. The number of halogens is 1. The number of hydrogen-bond acceptors (Lipinski definition) is 4. The lowest BCUT2D eigenvalue weighted by atomic mass is 9.97. The van der Waals surface area contributed by atoms with Crippen molar-refractivity contribution in [3.05, 3.63) is 27.2 Å². The third-order valence-corrected chi connectivity index (χ3v) is 4.03. The van der Waals surface area contributed by atoms with Crippen LogP contribution in [0.4, 0.5) is 4.79 Å². The number of aromatic hydroxyl groups is 1. The number of phenolic OH excluding ortho intramolecular Hbond substituents is 1. The number of aryl methyl sites for hydroxylation is 1. The molecule has 0 aliphatic rings. The van der Waals surface area contributed by atoms with Crippen LogP contribution < -0.4 is 5.32 Å². The average Bonchev–Trinajstić information content (AvgIpc) is 2.37. The van der Waals surface area contributed by atoms with Crippen LogP contribution in [0, 0.1) is 13.8 Å². The maximum atomic E-state index is 11.8. The molecular weight excluding hydrogens is 366 g/mol. The number of alkyl carbamates (subject to hydrolysis) is 1. The summed E-state index contributed by atoms with van der Waals surface area (Å²) in [4.78, 5) is 23.2. The molecule has 1 amide bonds. The standard InChI is InChI=1S/C16H22BrNO5/c1-8-6-11(17)9(2)10(13(8)19)7-12(14(20)21)18-15(22)23-16(3,4)5/h6,12,19H,7H2,1-5H3,(H,18,22)(H,20,21). The molecule has 1 aromatic carbocycles. The summed E-state index contributed by atoms with van der Waals surface area (Å²) in [5.41, 5.74) is 1.10. The first-order valence-electron chi connectivity index (χ1n) is 7.12. The van der Waals surface area contributed by atoms with Crippen LogP contribution in [0.25, 0.3) is 0 Å². The highest BCUT2D eigenvalue weighted by atomic mass is 79.9. The van der Waals surface area contributed by atoms with Crippen LogP contribution >= 0.6 is 15.9 Å². The van der Waals surface area contributed by atoms with Crippen LogP contribution in [0.3, 0.4) is 0 Å². The number of amides is 1. The number of hydrogen-bond donors (Lipinski definition) is 3. The number of rotatable bonds is 4. The van der Waals surface area contributed by atoms with Crippen molar-refractivity contribution >= 4 is 28.0 Å².